The van der Waals surface area contributed by atoms with Crippen LogP contribution < -0.4 is 5.32 Å². The third-order valence-corrected chi connectivity index (χ3v) is 6.89. The van der Waals surface area contributed by atoms with E-state index in [4.69, 9.17) is 0 Å². The minimum atomic E-state index is 0.151. The lowest BCUT2D eigenvalue weighted by atomic mass is 9.84. The van der Waals surface area contributed by atoms with Gasteiger partial charge in [0.15, 0.2) is 4.34 Å². The number of aromatic nitrogens is 1. The Kier molecular flexibility index (Phi) is 4.36. The van der Waals surface area contributed by atoms with Crippen molar-refractivity contribution in [3.8, 4) is 0 Å². The minimum Gasteiger partial charge on any atom is -0.353 e. The van der Waals surface area contributed by atoms with Crippen LogP contribution >= 0.6 is 23.1 Å². The summed E-state index contributed by atoms with van der Waals surface area (Å²) in [6.45, 7) is 4.17. The Hall–Kier alpha value is -0.550. The maximum Gasteiger partial charge on any atom is 0.230 e. The van der Waals surface area contributed by atoms with E-state index in [0.717, 1.165) is 21.9 Å². The van der Waals surface area contributed by atoms with E-state index in [1.807, 2.05) is 12.3 Å². The molecule has 3 rings (SSSR count). The number of carbonyl (C=O) groups excluding carboxylic acids is 1. The zero-order valence-corrected chi connectivity index (χ0v) is 13.7. The molecule has 0 unspecified atom stereocenters. The molecular weight excluding hydrogens is 288 g/mol. The van der Waals surface area contributed by atoms with Crippen LogP contribution in [0.3, 0.4) is 0 Å². The Morgan fingerprint density at radius 3 is 3.00 bits per heavy atom. The molecule has 2 bridgehead atoms. The molecule has 20 heavy (non-hydrogen) atoms. The molecule has 2 fully saturated rings. The number of thiazole rings is 1. The number of rotatable bonds is 5. The fourth-order valence-corrected chi connectivity index (χ4v) is 5.50. The molecule has 1 aromatic heterocycles. The van der Waals surface area contributed by atoms with E-state index in [1.54, 1.807) is 23.1 Å². The summed E-state index contributed by atoms with van der Waals surface area (Å²) in [4.78, 5) is 16.4. The standard InChI is InChI=1S/C15H22N2OS2/c1-9-7-19-15(16-9)20-8-14(18)17-10(2)13-6-11-3-4-12(13)5-11/h7,10-13H,3-6,8H2,1-2H3,(H,17,18)/t10-,11+,12+,13-/m0/s1. The first kappa shape index (κ1) is 14.4. The normalized spacial score (nSPS) is 29.6. The first-order chi connectivity index (χ1) is 9.61. The predicted molar refractivity (Wildman–Crippen MR) is 84.1 cm³/mol. The van der Waals surface area contributed by atoms with Crippen LogP contribution in [0.1, 0.15) is 38.3 Å². The smallest absolute Gasteiger partial charge is 0.230 e. The van der Waals surface area contributed by atoms with Crippen LogP contribution in [0.2, 0.25) is 0 Å². The number of hydrogen-bond donors (Lipinski definition) is 1. The molecule has 0 aliphatic heterocycles. The Balaban J connectivity index is 1.44. The number of nitrogens with zero attached hydrogens (tertiary/aromatic N) is 1. The lowest BCUT2D eigenvalue weighted by molar-refractivity contribution is -0.119. The molecular formula is C15H22N2OS2. The van der Waals surface area contributed by atoms with Crippen molar-refractivity contribution in [2.45, 2.75) is 49.9 Å². The topological polar surface area (TPSA) is 42.0 Å². The zero-order valence-electron chi connectivity index (χ0n) is 12.1. The van der Waals surface area contributed by atoms with Crippen LogP contribution in [-0.4, -0.2) is 22.7 Å². The first-order valence-corrected chi connectivity index (χ1v) is 9.32. The second-order valence-corrected chi connectivity index (χ2v) is 8.32. The highest BCUT2D eigenvalue weighted by atomic mass is 32.2. The molecule has 5 heteroatoms. The van der Waals surface area contributed by atoms with E-state index in [9.17, 15) is 4.79 Å². The van der Waals surface area contributed by atoms with Crippen LogP contribution in [0.4, 0.5) is 0 Å². The van der Waals surface area contributed by atoms with Crippen LogP contribution in [0.25, 0.3) is 0 Å². The lowest BCUT2D eigenvalue weighted by Gasteiger charge is -2.28. The van der Waals surface area contributed by atoms with Crippen LogP contribution in [0, 0.1) is 24.7 Å². The molecule has 0 spiro atoms. The van der Waals surface area contributed by atoms with Crippen molar-refractivity contribution >= 4 is 29.0 Å². The number of hydrogen-bond acceptors (Lipinski definition) is 4. The molecule has 1 aromatic rings. The van der Waals surface area contributed by atoms with Gasteiger partial charge in [-0.15, -0.1) is 11.3 Å². The summed E-state index contributed by atoms with van der Waals surface area (Å²) >= 11 is 3.16. The van der Waals surface area contributed by atoms with E-state index >= 15 is 0 Å². The van der Waals surface area contributed by atoms with Gasteiger partial charge >= 0.3 is 0 Å². The molecule has 1 N–H and O–H groups in total. The van der Waals surface area contributed by atoms with Crippen molar-refractivity contribution in [2.75, 3.05) is 5.75 Å². The summed E-state index contributed by atoms with van der Waals surface area (Å²) < 4.78 is 0.991. The van der Waals surface area contributed by atoms with Gasteiger partial charge in [-0.05, 0) is 50.9 Å². The predicted octanol–water partition coefficient (Wildman–Crippen LogP) is 3.48. The molecule has 0 radical (unpaired) electrons. The third kappa shape index (κ3) is 3.19. The molecule has 110 valence electrons. The summed E-state index contributed by atoms with van der Waals surface area (Å²) in [6, 6.07) is 0.330. The van der Waals surface area contributed by atoms with Gasteiger partial charge in [-0.25, -0.2) is 4.98 Å². The summed E-state index contributed by atoms with van der Waals surface area (Å²) in [5.74, 6) is 3.16. The highest BCUT2D eigenvalue weighted by Gasteiger charge is 2.42. The molecule has 4 atom stereocenters. The van der Waals surface area contributed by atoms with Crippen molar-refractivity contribution in [3.63, 3.8) is 0 Å². The van der Waals surface area contributed by atoms with Crippen LogP contribution in [0.15, 0.2) is 9.72 Å². The van der Waals surface area contributed by atoms with Gasteiger partial charge in [0.1, 0.15) is 0 Å². The Bertz CT molecular complexity index is 488. The summed E-state index contributed by atoms with van der Waals surface area (Å²) in [6.07, 6.45) is 5.52. The van der Waals surface area contributed by atoms with Gasteiger partial charge in [0.2, 0.25) is 5.91 Å². The molecule has 2 aliphatic rings. The van der Waals surface area contributed by atoms with Crippen molar-refractivity contribution in [2.24, 2.45) is 17.8 Å². The highest BCUT2D eigenvalue weighted by molar-refractivity contribution is 8.01. The van der Waals surface area contributed by atoms with E-state index in [2.05, 4.69) is 17.2 Å². The number of amides is 1. The van der Waals surface area contributed by atoms with Gasteiger partial charge < -0.3 is 5.32 Å². The number of aryl methyl sites for hydroxylation is 1. The van der Waals surface area contributed by atoms with E-state index < -0.39 is 0 Å². The Morgan fingerprint density at radius 1 is 1.55 bits per heavy atom. The van der Waals surface area contributed by atoms with Gasteiger partial charge in [-0.1, -0.05) is 18.2 Å². The fourth-order valence-electron chi connectivity index (χ4n) is 3.83. The van der Waals surface area contributed by atoms with Gasteiger partial charge in [-0.2, -0.15) is 0 Å². The number of thioether (sulfide) groups is 1. The van der Waals surface area contributed by atoms with E-state index in [-0.39, 0.29) is 5.91 Å². The second kappa shape index (κ2) is 6.06. The van der Waals surface area contributed by atoms with Gasteiger partial charge in [0, 0.05) is 17.1 Å². The van der Waals surface area contributed by atoms with Crippen molar-refractivity contribution < 1.29 is 4.79 Å². The maximum atomic E-state index is 12.0. The van der Waals surface area contributed by atoms with Crippen LogP contribution in [0.5, 0.6) is 0 Å². The average molecular weight is 310 g/mol. The van der Waals surface area contributed by atoms with Crippen molar-refractivity contribution in [1.82, 2.24) is 10.3 Å². The van der Waals surface area contributed by atoms with E-state index in [0.29, 0.717) is 17.7 Å². The Labute approximate surface area is 128 Å². The quantitative estimate of drug-likeness (QED) is 0.847. The first-order valence-electron chi connectivity index (χ1n) is 7.46. The number of carbonyl (C=O) groups is 1. The molecule has 1 amide bonds. The largest absolute Gasteiger partial charge is 0.353 e. The lowest BCUT2D eigenvalue weighted by Crippen LogP contribution is -2.40. The molecule has 1 heterocycles. The molecule has 0 aromatic carbocycles. The fraction of sp³-hybridized carbons (Fsp3) is 0.733. The summed E-state index contributed by atoms with van der Waals surface area (Å²) in [5, 5.41) is 5.23. The van der Waals surface area contributed by atoms with E-state index in [1.165, 1.54) is 25.7 Å². The molecule has 2 aliphatic carbocycles. The summed E-state index contributed by atoms with van der Waals surface area (Å²) in [7, 11) is 0. The third-order valence-electron chi connectivity index (χ3n) is 4.75. The Morgan fingerprint density at radius 2 is 2.40 bits per heavy atom. The molecule has 2 saturated carbocycles. The minimum absolute atomic E-state index is 0.151. The highest BCUT2D eigenvalue weighted by Crippen LogP contribution is 2.49. The average Bonchev–Trinajstić information content (AvgIpc) is 3.12. The van der Waals surface area contributed by atoms with Crippen molar-refractivity contribution in [3.05, 3.63) is 11.1 Å². The molecule has 3 nitrogen and oxygen atoms in total. The van der Waals surface area contributed by atoms with Gasteiger partial charge in [0.05, 0.1) is 5.75 Å². The number of fused-ring (bicyclic) bond motifs is 2. The summed E-state index contributed by atoms with van der Waals surface area (Å²) in [5.41, 5.74) is 1.04. The number of nitrogens with one attached hydrogen (secondary N) is 1. The monoisotopic (exact) mass is 310 g/mol. The second-order valence-electron chi connectivity index (χ2n) is 6.24. The van der Waals surface area contributed by atoms with Gasteiger partial charge in [-0.3, -0.25) is 4.79 Å². The van der Waals surface area contributed by atoms with Crippen molar-refractivity contribution in [1.29, 1.82) is 0 Å². The molecule has 0 saturated heterocycles. The SMILES string of the molecule is Cc1csc(SCC(=O)N[C@@H](C)[C@@H]2C[C@@H]3CC[C@@H]2C3)n1. The zero-order chi connectivity index (χ0) is 14.1. The maximum absolute atomic E-state index is 12.0. The van der Waals surface area contributed by atoms with Gasteiger partial charge in [0.25, 0.3) is 0 Å². The van der Waals surface area contributed by atoms with Crippen LogP contribution in [-0.2, 0) is 4.79 Å².